The average molecular weight is 587 g/mol. The molecule has 0 saturated heterocycles. The number of hydrogen-bond donors (Lipinski definition) is 0. The Labute approximate surface area is 271 Å². The highest BCUT2D eigenvalue weighted by Crippen LogP contribution is 2.65. The summed E-state index contributed by atoms with van der Waals surface area (Å²) in [6.07, 6.45) is 2.46. The molecule has 2 aliphatic carbocycles. The molecule has 0 aromatic heterocycles. The molecule has 0 fully saturated rings. The van der Waals surface area contributed by atoms with E-state index in [1.54, 1.807) is 0 Å². The molecule has 1 unspecified atom stereocenters. The van der Waals surface area contributed by atoms with Crippen molar-refractivity contribution >= 4 is 16.8 Å². The molecule has 9 rings (SSSR count). The number of hydrogen-bond acceptors (Lipinski definition) is 0. The van der Waals surface area contributed by atoms with Gasteiger partial charge in [-0.05, 0) is 79.4 Å². The zero-order valence-electron chi connectivity index (χ0n) is 25.9. The largest absolute Gasteiger partial charge is 0.0639 e. The standard InChI is InChI=1S/C46H34/c1-31-29-35-17-14-26-38(34-28-27-32-15-8-9-16-33(32)30-34)43(35)44(31)46(36-18-4-2-5-19-36,37-20-6-3-7-21-37)45-41-24-12-10-22-39(41)40-23-11-13-25-42(40)45/h2-30,44-45H,1H3. The van der Waals surface area contributed by atoms with E-state index >= 15 is 0 Å². The van der Waals surface area contributed by atoms with Crippen LogP contribution in [-0.2, 0) is 5.41 Å². The van der Waals surface area contributed by atoms with Gasteiger partial charge in [0.05, 0.1) is 0 Å². The van der Waals surface area contributed by atoms with Gasteiger partial charge in [-0.25, -0.2) is 0 Å². The molecule has 0 amide bonds. The number of allylic oxidation sites excluding steroid dienone is 1. The van der Waals surface area contributed by atoms with Gasteiger partial charge in [0.15, 0.2) is 0 Å². The Morgan fingerprint density at radius 2 is 0.978 bits per heavy atom. The summed E-state index contributed by atoms with van der Waals surface area (Å²) in [6, 6.07) is 63.5. The summed E-state index contributed by atoms with van der Waals surface area (Å²) in [5, 5.41) is 2.54. The SMILES string of the molecule is CC1=Cc2cccc(-c3ccc4ccccc4c3)c2C1C(c1ccccc1)(c1ccccc1)C1c2ccccc2-c2ccccc21. The Hall–Kier alpha value is -5.46. The van der Waals surface area contributed by atoms with E-state index in [1.807, 2.05) is 0 Å². The molecule has 0 radical (unpaired) electrons. The van der Waals surface area contributed by atoms with Crippen LogP contribution in [0.4, 0.5) is 0 Å². The van der Waals surface area contributed by atoms with Crippen molar-refractivity contribution in [1.82, 2.24) is 0 Å². The predicted octanol–water partition coefficient (Wildman–Crippen LogP) is 11.8. The summed E-state index contributed by atoms with van der Waals surface area (Å²) in [5.41, 5.74) is 14.5. The smallest absolute Gasteiger partial charge is 0.0418 e. The molecule has 1 atom stereocenters. The van der Waals surface area contributed by atoms with Gasteiger partial charge in [0.1, 0.15) is 0 Å². The molecule has 0 aliphatic heterocycles. The molecule has 0 saturated carbocycles. The molecule has 46 heavy (non-hydrogen) atoms. The number of rotatable bonds is 5. The summed E-state index contributed by atoms with van der Waals surface area (Å²) in [6.45, 7) is 2.36. The Kier molecular flexibility index (Phi) is 6.18. The van der Waals surface area contributed by atoms with Crippen LogP contribution < -0.4 is 0 Å². The van der Waals surface area contributed by atoms with E-state index in [2.05, 4.69) is 183 Å². The van der Waals surface area contributed by atoms with Gasteiger partial charge in [-0.2, -0.15) is 0 Å². The zero-order chi connectivity index (χ0) is 30.7. The highest BCUT2D eigenvalue weighted by molar-refractivity contribution is 5.90. The summed E-state index contributed by atoms with van der Waals surface area (Å²) in [7, 11) is 0. The van der Waals surface area contributed by atoms with Crippen molar-refractivity contribution in [3.8, 4) is 22.3 Å². The second-order valence-electron chi connectivity index (χ2n) is 12.9. The van der Waals surface area contributed by atoms with Crippen molar-refractivity contribution in [1.29, 1.82) is 0 Å². The maximum Gasteiger partial charge on any atom is 0.0418 e. The fourth-order valence-electron chi connectivity index (χ4n) is 8.86. The molecular formula is C46H34. The predicted molar refractivity (Wildman–Crippen MR) is 193 cm³/mol. The highest BCUT2D eigenvalue weighted by Gasteiger charge is 2.55. The van der Waals surface area contributed by atoms with Crippen molar-refractivity contribution < 1.29 is 0 Å². The summed E-state index contributed by atoms with van der Waals surface area (Å²) in [4.78, 5) is 0. The van der Waals surface area contributed by atoms with Crippen LogP contribution in [0.3, 0.4) is 0 Å². The second-order valence-corrected chi connectivity index (χ2v) is 12.9. The number of benzene rings is 7. The molecule has 218 valence electrons. The van der Waals surface area contributed by atoms with E-state index in [9.17, 15) is 0 Å². The van der Waals surface area contributed by atoms with E-state index in [4.69, 9.17) is 0 Å². The van der Waals surface area contributed by atoms with Crippen LogP contribution in [0.15, 0.2) is 175 Å². The van der Waals surface area contributed by atoms with Gasteiger partial charge in [-0.15, -0.1) is 0 Å². The van der Waals surface area contributed by atoms with Gasteiger partial charge >= 0.3 is 0 Å². The molecule has 0 bridgehead atoms. The third kappa shape index (κ3) is 3.87. The lowest BCUT2D eigenvalue weighted by Crippen LogP contribution is -2.41. The minimum atomic E-state index is -0.427. The van der Waals surface area contributed by atoms with Gasteiger partial charge in [-0.3, -0.25) is 0 Å². The summed E-state index contributed by atoms with van der Waals surface area (Å²) in [5.74, 6) is 0.202. The van der Waals surface area contributed by atoms with Crippen molar-refractivity contribution in [3.63, 3.8) is 0 Å². The minimum absolute atomic E-state index is 0.0965. The molecule has 0 heteroatoms. The molecule has 0 heterocycles. The first-order valence-corrected chi connectivity index (χ1v) is 16.3. The van der Waals surface area contributed by atoms with E-state index in [0.29, 0.717) is 0 Å². The van der Waals surface area contributed by atoms with Gasteiger partial charge < -0.3 is 0 Å². The third-order valence-electron chi connectivity index (χ3n) is 10.6. The summed E-state index contributed by atoms with van der Waals surface area (Å²) >= 11 is 0. The van der Waals surface area contributed by atoms with E-state index < -0.39 is 5.41 Å². The fourth-order valence-corrected chi connectivity index (χ4v) is 8.86. The topological polar surface area (TPSA) is 0 Å². The van der Waals surface area contributed by atoms with E-state index in [1.165, 1.54) is 72.0 Å². The Morgan fingerprint density at radius 3 is 1.63 bits per heavy atom. The van der Waals surface area contributed by atoms with Crippen LogP contribution in [0.25, 0.3) is 39.1 Å². The maximum absolute atomic E-state index is 2.46. The molecule has 7 aromatic carbocycles. The molecule has 7 aromatic rings. The molecule has 0 N–H and O–H groups in total. The van der Waals surface area contributed by atoms with Crippen LogP contribution in [0, 0.1) is 0 Å². The van der Waals surface area contributed by atoms with Crippen molar-refractivity contribution in [2.45, 2.75) is 24.2 Å². The highest BCUT2D eigenvalue weighted by atomic mass is 14.6. The van der Waals surface area contributed by atoms with Crippen molar-refractivity contribution in [3.05, 3.63) is 209 Å². The van der Waals surface area contributed by atoms with Crippen LogP contribution in [-0.4, -0.2) is 0 Å². The Morgan fingerprint density at radius 1 is 0.435 bits per heavy atom. The van der Waals surface area contributed by atoms with Gasteiger partial charge in [0.25, 0.3) is 0 Å². The first-order chi connectivity index (χ1) is 22.7. The lowest BCUT2D eigenvalue weighted by molar-refractivity contribution is 0.406. The quantitative estimate of drug-likeness (QED) is 0.188. The monoisotopic (exact) mass is 586 g/mol. The first-order valence-electron chi connectivity index (χ1n) is 16.3. The van der Waals surface area contributed by atoms with Gasteiger partial charge in [0, 0.05) is 17.3 Å². The molecule has 0 spiro atoms. The third-order valence-corrected chi connectivity index (χ3v) is 10.6. The molecule has 0 nitrogen and oxygen atoms in total. The lowest BCUT2D eigenvalue weighted by atomic mass is 9.54. The van der Waals surface area contributed by atoms with Gasteiger partial charge in [-0.1, -0.05) is 175 Å². The van der Waals surface area contributed by atoms with Gasteiger partial charge in [0.2, 0.25) is 0 Å². The van der Waals surface area contributed by atoms with Crippen LogP contribution in [0.2, 0.25) is 0 Å². The Bertz CT molecular complexity index is 2190. The maximum atomic E-state index is 2.46. The first kappa shape index (κ1) is 26.9. The van der Waals surface area contributed by atoms with Crippen molar-refractivity contribution in [2.24, 2.45) is 0 Å². The van der Waals surface area contributed by atoms with Crippen LogP contribution in [0.1, 0.15) is 52.1 Å². The Balaban J connectivity index is 1.41. The average Bonchev–Trinajstić information content (AvgIpc) is 3.65. The fraction of sp³-hybridized carbons (Fsp3) is 0.0870. The lowest BCUT2D eigenvalue weighted by Gasteiger charge is -2.47. The van der Waals surface area contributed by atoms with Crippen molar-refractivity contribution in [2.75, 3.05) is 0 Å². The van der Waals surface area contributed by atoms with Crippen LogP contribution in [0.5, 0.6) is 0 Å². The second kappa shape index (κ2) is 10.6. The normalized spacial score (nSPS) is 15.3. The zero-order valence-corrected chi connectivity index (χ0v) is 25.9. The summed E-state index contributed by atoms with van der Waals surface area (Å²) < 4.78 is 0. The van der Waals surface area contributed by atoms with E-state index in [0.717, 1.165) is 0 Å². The van der Waals surface area contributed by atoms with E-state index in [-0.39, 0.29) is 11.8 Å². The number of fused-ring (bicyclic) bond motifs is 5. The minimum Gasteiger partial charge on any atom is -0.0639 e. The molecular weight excluding hydrogens is 553 g/mol. The molecule has 2 aliphatic rings. The van der Waals surface area contributed by atoms with Crippen LogP contribution >= 0.6 is 0 Å².